The van der Waals surface area contributed by atoms with Crippen molar-refractivity contribution in [3.05, 3.63) is 34.9 Å². The van der Waals surface area contributed by atoms with E-state index in [1.807, 2.05) is 19.1 Å². The Bertz CT molecular complexity index is 377. The number of aryl methyl sites for hydroxylation is 1. The number of esters is 1. The standard InChI is InChI=1S/C12H17NO3/c1-8-5-9(6-10(13)7-14)3-4-11(8)12(15)16-2/h3-5,10,14H,6-7,13H2,1-2H3. The molecule has 0 spiro atoms. The van der Waals surface area contributed by atoms with Gasteiger partial charge in [-0.3, -0.25) is 0 Å². The molecule has 4 nitrogen and oxygen atoms in total. The molecule has 0 aliphatic rings. The zero-order valence-corrected chi connectivity index (χ0v) is 9.56. The third-order valence-corrected chi connectivity index (χ3v) is 2.43. The number of nitrogens with two attached hydrogens (primary N) is 1. The molecule has 88 valence electrons. The van der Waals surface area contributed by atoms with E-state index < -0.39 is 0 Å². The summed E-state index contributed by atoms with van der Waals surface area (Å²) in [4.78, 5) is 11.3. The van der Waals surface area contributed by atoms with Crippen molar-refractivity contribution < 1.29 is 14.6 Å². The van der Waals surface area contributed by atoms with Crippen molar-refractivity contribution in [3.63, 3.8) is 0 Å². The van der Waals surface area contributed by atoms with Gasteiger partial charge in [-0.1, -0.05) is 12.1 Å². The number of hydrogen-bond acceptors (Lipinski definition) is 4. The lowest BCUT2D eigenvalue weighted by molar-refractivity contribution is 0.0600. The maximum absolute atomic E-state index is 11.3. The summed E-state index contributed by atoms with van der Waals surface area (Å²) in [5.41, 5.74) is 8.06. The fourth-order valence-corrected chi connectivity index (χ4v) is 1.56. The fourth-order valence-electron chi connectivity index (χ4n) is 1.56. The molecule has 3 N–H and O–H groups in total. The largest absolute Gasteiger partial charge is 0.465 e. The van der Waals surface area contributed by atoms with Gasteiger partial charge in [-0.15, -0.1) is 0 Å². The van der Waals surface area contributed by atoms with E-state index in [4.69, 9.17) is 10.8 Å². The van der Waals surface area contributed by atoms with Crippen LogP contribution in [0, 0.1) is 6.92 Å². The van der Waals surface area contributed by atoms with Crippen LogP contribution >= 0.6 is 0 Å². The second-order valence-corrected chi connectivity index (χ2v) is 3.79. The van der Waals surface area contributed by atoms with Crippen LogP contribution < -0.4 is 5.73 Å². The monoisotopic (exact) mass is 223 g/mol. The van der Waals surface area contributed by atoms with E-state index in [2.05, 4.69) is 4.74 Å². The van der Waals surface area contributed by atoms with E-state index >= 15 is 0 Å². The van der Waals surface area contributed by atoms with E-state index in [0.29, 0.717) is 12.0 Å². The number of carbonyl (C=O) groups is 1. The highest BCUT2D eigenvalue weighted by atomic mass is 16.5. The van der Waals surface area contributed by atoms with Crippen molar-refractivity contribution in [3.8, 4) is 0 Å². The number of benzene rings is 1. The Kier molecular flexibility index (Phi) is 4.46. The first-order valence-corrected chi connectivity index (χ1v) is 5.12. The van der Waals surface area contributed by atoms with Crippen LogP contribution in [0.15, 0.2) is 18.2 Å². The summed E-state index contributed by atoms with van der Waals surface area (Å²) in [5, 5.41) is 8.85. The van der Waals surface area contributed by atoms with Gasteiger partial charge in [0.15, 0.2) is 0 Å². The minimum absolute atomic E-state index is 0.0438. The van der Waals surface area contributed by atoms with Crippen LogP contribution in [0.1, 0.15) is 21.5 Å². The van der Waals surface area contributed by atoms with Gasteiger partial charge in [0.1, 0.15) is 0 Å². The normalized spacial score (nSPS) is 12.2. The number of aliphatic hydroxyl groups excluding tert-OH is 1. The number of methoxy groups -OCH3 is 1. The van der Waals surface area contributed by atoms with E-state index in [1.54, 1.807) is 6.07 Å². The number of rotatable bonds is 4. The van der Waals surface area contributed by atoms with Crippen molar-refractivity contribution in [2.75, 3.05) is 13.7 Å². The molecular weight excluding hydrogens is 206 g/mol. The zero-order valence-electron chi connectivity index (χ0n) is 9.56. The molecule has 0 bridgehead atoms. The summed E-state index contributed by atoms with van der Waals surface area (Å²) in [6.07, 6.45) is 0.596. The van der Waals surface area contributed by atoms with Crippen molar-refractivity contribution in [2.45, 2.75) is 19.4 Å². The summed E-state index contributed by atoms with van der Waals surface area (Å²) in [7, 11) is 1.36. The van der Waals surface area contributed by atoms with Gasteiger partial charge in [-0.25, -0.2) is 4.79 Å². The molecule has 0 radical (unpaired) electrons. The first kappa shape index (κ1) is 12.7. The van der Waals surface area contributed by atoms with Crippen LogP contribution in [0.4, 0.5) is 0 Å². The van der Waals surface area contributed by atoms with Gasteiger partial charge in [0.05, 0.1) is 19.3 Å². The highest BCUT2D eigenvalue weighted by Crippen LogP contribution is 2.13. The lowest BCUT2D eigenvalue weighted by Crippen LogP contribution is -2.26. The molecule has 1 rings (SSSR count). The van der Waals surface area contributed by atoms with Gasteiger partial charge < -0.3 is 15.6 Å². The summed E-state index contributed by atoms with van der Waals surface area (Å²) in [5.74, 6) is -0.337. The van der Waals surface area contributed by atoms with E-state index in [0.717, 1.165) is 11.1 Å². The zero-order chi connectivity index (χ0) is 12.1. The lowest BCUT2D eigenvalue weighted by Gasteiger charge is -2.10. The van der Waals surface area contributed by atoms with Crippen LogP contribution in [0.25, 0.3) is 0 Å². The highest BCUT2D eigenvalue weighted by molar-refractivity contribution is 5.90. The van der Waals surface area contributed by atoms with E-state index in [-0.39, 0.29) is 18.6 Å². The predicted octanol–water partition coefficient (Wildman–Crippen LogP) is 0.644. The second-order valence-electron chi connectivity index (χ2n) is 3.79. The molecular formula is C12H17NO3. The van der Waals surface area contributed by atoms with Gasteiger partial charge in [0.2, 0.25) is 0 Å². The summed E-state index contributed by atoms with van der Waals surface area (Å²) in [6.45, 7) is 1.80. The van der Waals surface area contributed by atoms with Crippen molar-refractivity contribution in [2.24, 2.45) is 5.73 Å². The average molecular weight is 223 g/mol. The van der Waals surface area contributed by atoms with Crippen LogP contribution in [-0.4, -0.2) is 30.8 Å². The van der Waals surface area contributed by atoms with Gasteiger partial charge >= 0.3 is 5.97 Å². The molecule has 1 unspecified atom stereocenters. The van der Waals surface area contributed by atoms with Crippen molar-refractivity contribution >= 4 is 5.97 Å². The minimum Gasteiger partial charge on any atom is -0.465 e. The smallest absolute Gasteiger partial charge is 0.338 e. The quantitative estimate of drug-likeness (QED) is 0.735. The van der Waals surface area contributed by atoms with Gasteiger partial charge in [-0.2, -0.15) is 0 Å². The molecule has 1 atom stereocenters. The molecule has 0 amide bonds. The second kappa shape index (κ2) is 5.63. The maximum atomic E-state index is 11.3. The van der Waals surface area contributed by atoms with Crippen molar-refractivity contribution in [1.29, 1.82) is 0 Å². The Hall–Kier alpha value is -1.39. The lowest BCUT2D eigenvalue weighted by atomic mass is 10.0. The summed E-state index contributed by atoms with van der Waals surface area (Å²) >= 11 is 0. The first-order valence-electron chi connectivity index (χ1n) is 5.12. The van der Waals surface area contributed by atoms with Crippen LogP contribution in [0.3, 0.4) is 0 Å². The molecule has 4 heteroatoms. The number of carbonyl (C=O) groups excluding carboxylic acids is 1. The van der Waals surface area contributed by atoms with Gasteiger partial charge in [0, 0.05) is 6.04 Å². The van der Waals surface area contributed by atoms with Gasteiger partial charge in [-0.05, 0) is 30.5 Å². The molecule has 0 heterocycles. The third kappa shape index (κ3) is 3.05. The highest BCUT2D eigenvalue weighted by Gasteiger charge is 2.10. The number of aliphatic hydroxyl groups is 1. The molecule has 0 fully saturated rings. The van der Waals surface area contributed by atoms with Crippen molar-refractivity contribution in [1.82, 2.24) is 0 Å². The van der Waals surface area contributed by atoms with Crippen LogP contribution in [0.5, 0.6) is 0 Å². The molecule has 16 heavy (non-hydrogen) atoms. The minimum atomic E-state index is -0.337. The average Bonchev–Trinajstić information content (AvgIpc) is 2.28. The molecule has 0 aliphatic heterocycles. The van der Waals surface area contributed by atoms with E-state index in [1.165, 1.54) is 7.11 Å². The number of hydrogen-bond donors (Lipinski definition) is 2. The Morgan fingerprint density at radius 1 is 1.56 bits per heavy atom. The fraction of sp³-hybridized carbons (Fsp3) is 0.417. The Balaban J connectivity index is 2.86. The molecule has 0 aliphatic carbocycles. The summed E-state index contributed by atoms with van der Waals surface area (Å²) in [6, 6.07) is 5.18. The maximum Gasteiger partial charge on any atom is 0.338 e. The third-order valence-electron chi connectivity index (χ3n) is 2.43. The van der Waals surface area contributed by atoms with E-state index in [9.17, 15) is 4.79 Å². The topological polar surface area (TPSA) is 72.5 Å². The predicted molar refractivity (Wildman–Crippen MR) is 61.3 cm³/mol. The number of ether oxygens (including phenoxy) is 1. The molecule has 1 aromatic carbocycles. The van der Waals surface area contributed by atoms with Crippen LogP contribution in [-0.2, 0) is 11.2 Å². The SMILES string of the molecule is COC(=O)c1ccc(CC(N)CO)cc1C. The Morgan fingerprint density at radius 2 is 2.25 bits per heavy atom. The van der Waals surface area contributed by atoms with Crippen LogP contribution in [0.2, 0.25) is 0 Å². The first-order chi connectivity index (χ1) is 7.58. The Labute approximate surface area is 95.0 Å². The Morgan fingerprint density at radius 3 is 2.75 bits per heavy atom. The molecule has 0 saturated carbocycles. The van der Waals surface area contributed by atoms with Gasteiger partial charge in [0.25, 0.3) is 0 Å². The molecule has 1 aromatic rings. The molecule has 0 saturated heterocycles. The summed E-state index contributed by atoms with van der Waals surface area (Å²) < 4.78 is 4.66. The molecule has 0 aromatic heterocycles.